The van der Waals surface area contributed by atoms with Crippen molar-refractivity contribution in [3.05, 3.63) is 0 Å². The molecular formula is C6H11NO6. The predicted molar refractivity (Wildman–Crippen MR) is 38.3 cm³/mol. The third kappa shape index (κ3) is 1.52. The van der Waals surface area contributed by atoms with E-state index in [9.17, 15) is 9.90 Å². The Morgan fingerprint density at radius 3 is 2.46 bits per heavy atom. The van der Waals surface area contributed by atoms with E-state index >= 15 is 0 Å². The Hall–Kier alpha value is -0.730. The Kier molecular flexibility index (Phi) is 2.55. The molecule has 0 aromatic carbocycles. The average Bonchev–Trinajstić information content (AvgIpc) is 2.08. The van der Waals surface area contributed by atoms with Gasteiger partial charge in [-0.15, -0.1) is 0 Å². The van der Waals surface area contributed by atoms with Crippen LogP contribution in [0.4, 0.5) is 0 Å². The number of hydrogen-bond donors (Lipinski definition) is 5. The van der Waals surface area contributed by atoms with Gasteiger partial charge in [0.15, 0.2) is 6.23 Å². The highest BCUT2D eigenvalue weighted by Gasteiger charge is 2.52. The number of carboxylic acid groups (broad SMARTS) is 1. The number of aliphatic hydroxyl groups excluding tert-OH is 3. The lowest BCUT2D eigenvalue weighted by molar-refractivity contribution is -0.274. The molecule has 0 amide bonds. The highest BCUT2D eigenvalue weighted by molar-refractivity contribution is 5.78. The van der Waals surface area contributed by atoms with Gasteiger partial charge in [-0.2, -0.15) is 5.48 Å². The van der Waals surface area contributed by atoms with E-state index in [0.29, 0.717) is 0 Å². The van der Waals surface area contributed by atoms with Crippen LogP contribution >= 0.6 is 0 Å². The Morgan fingerprint density at radius 1 is 1.46 bits per heavy atom. The van der Waals surface area contributed by atoms with Gasteiger partial charge in [-0.1, -0.05) is 0 Å². The van der Waals surface area contributed by atoms with Crippen LogP contribution in [0.25, 0.3) is 0 Å². The fraction of sp³-hybridized carbons (Fsp3) is 0.833. The van der Waals surface area contributed by atoms with Crippen molar-refractivity contribution in [2.75, 3.05) is 0 Å². The number of hydroxylamine groups is 1. The summed E-state index contributed by atoms with van der Waals surface area (Å²) in [5.74, 6) is -1.43. The number of aliphatic hydroxyl groups is 3. The molecule has 0 bridgehead atoms. The third-order valence-corrected chi connectivity index (χ3v) is 2.03. The number of nitrogens with one attached hydrogen (secondary N) is 1. The molecule has 1 aliphatic rings. The molecule has 1 heterocycles. The second-order valence-electron chi connectivity index (χ2n) is 3.01. The minimum absolute atomic E-state index is 1.09. The van der Waals surface area contributed by atoms with Gasteiger partial charge in [0.05, 0.1) is 0 Å². The summed E-state index contributed by atoms with van der Waals surface area (Å²) in [5.41, 5.74) is -0.0609. The molecule has 0 spiro atoms. The molecule has 0 saturated carbocycles. The van der Waals surface area contributed by atoms with Crippen LogP contribution in [0.15, 0.2) is 0 Å². The fourth-order valence-electron chi connectivity index (χ4n) is 0.982. The smallest absolute Gasteiger partial charge is 0.340 e. The molecule has 0 radical (unpaired) electrons. The molecule has 0 aliphatic carbocycles. The maximum absolute atomic E-state index is 10.6. The van der Waals surface area contributed by atoms with E-state index < -0.39 is 30.0 Å². The molecule has 7 nitrogen and oxygen atoms in total. The Labute approximate surface area is 73.5 Å². The number of carbonyl (C=O) groups is 1. The van der Waals surface area contributed by atoms with Crippen LogP contribution in [0.3, 0.4) is 0 Å². The van der Waals surface area contributed by atoms with Crippen molar-refractivity contribution in [3.63, 3.8) is 0 Å². The highest BCUT2D eigenvalue weighted by Crippen LogP contribution is 2.23. The Morgan fingerprint density at radius 2 is 2.00 bits per heavy atom. The maximum Gasteiger partial charge on any atom is 0.340 e. The van der Waals surface area contributed by atoms with Crippen molar-refractivity contribution in [1.82, 2.24) is 5.48 Å². The summed E-state index contributed by atoms with van der Waals surface area (Å²) in [6.45, 7) is 1.09. The Bertz CT molecular complexity index is 221. The van der Waals surface area contributed by atoms with Crippen molar-refractivity contribution < 1.29 is 30.1 Å². The lowest BCUT2D eigenvalue weighted by atomic mass is 9.93. The third-order valence-electron chi connectivity index (χ3n) is 2.03. The van der Waals surface area contributed by atoms with Crippen LogP contribution in [0.1, 0.15) is 6.92 Å². The molecule has 13 heavy (non-hydrogen) atoms. The van der Waals surface area contributed by atoms with Crippen molar-refractivity contribution in [1.29, 1.82) is 0 Å². The first-order valence-electron chi connectivity index (χ1n) is 3.60. The summed E-state index contributed by atoms with van der Waals surface area (Å²) in [6.07, 6.45) is -4.79. The molecule has 5 N–H and O–H groups in total. The molecule has 1 fully saturated rings. The molecule has 0 aromatic rings. The van der Waals surface area contributed by atoms with E-state index in [2.05, 4.69) is 4.84 Å². The van der Waals surface area contributed by atoms with Crippen LogP contribution in [0.5, 0.6) is 0 Å². The second kappa shape index (κ2) is 3.20. The van der Waals surface area contributed by atoms with E-state index in [1.165, 1.54) is 0 Å². The van der Waals surface area contributed by atoms with Gasteiger partial charge in [0.25, 0.3) is 0 Å². The summed E-state index contributed by atoms with van der Waals surface area (Å²) in [5, 5.41) is 36.0. The van der Waals surface area contributed by atoms with E-state index in [4.69, 9.17) is 15.3 Å². The van der Waals surface area contributed by atoms with Gasteiger partial charge in [0.1, 0.15) is 12.2 Å². The second-order valence-corrected chi connectivity index (χ2v) is 3.01. The molecule has 7 heteroatoms. The summed E-state index contributed by atoms with van der Waals surface area (Å²) >= 11 is 0. The van der Waals surface area contributed by atoms with Crippen LogP contribution in [-0.2, 0) is 9.63 Å². The summed E-state index contributed by atoms with van der Waals surface area (Å²) in [6, 6.07) is 0. The molecule has 1 rings (SSSR count). The summed E-state index contributed by atoms with van der Waals surface area (Å²) < 4.78 is 0. The van der Waals surface area contributed by atoms with Crippen molar-refractivity contribution >= 4 is 5.97 Å². The van der Waals surface area contributed by atoms with Crippen LogP contribution in [0.2, 0.25) is 0 Å². The summed E-state index contributed by atoms with van der Waals surface area (Å²) in [4.78, 5) is 15.1. The number of carboxylic acids is 1. The molecule has 4 atom stereocenters. The zero-order valence-electron chi connectivity index (χ0n) is 6.84. The normalized spacial score (nSPS) is 46.0. The fourth-order valence-corrected chi connectivity index (χ4v) is 0.982. The molecule has 76 valence electrons. The highest BCUT2D eigenvalue weighted by atomic mass is 16.7. The minimum atomic E-state index is -1.96. The molecule has 1 aliphatic heterocycles. The van der Waals surface area contributed by atoms with Gasteiger partial charge >= 0.3 is 5.97 Å². The van der Waals surface area contributed by atoms with Crippen LogP contribution in [-0.4, -0.2) is 50.4 Å². The average molecular weight is 193 g/mol. The first-order valence-corrected chi connectivity index (χ1v) is 3.60. The quantitative estimate of drug-likeness (QED) is 0.310. The van der Waals surface area contributed by atoms with Gasteiger partial charge in [-0.05, 0) is 6.92 Å². The summed E-state index contributed by atoms with van der Waals surface area (Å²) in [7, 11) is 0. The molecule has 0 unspecified atom stereocenters. The van der Waals surface area contributed by atoms with E-state index in [1.54, 1.807) is 0 Å². The number of hydrogen-bond acceptors (Lipinski definition) is 6. The standard InChI is InChI=1S/C6H11NO6/c1-6(5(11)12)3(9)2(8)4(10)7-13-6/h2-4,7-10H,1H3,(H,11,12)/t2-,3-,4-,6+/m1/s1. The minimum Gasteiger partial charge on any atom is -0.479 e. The monoisotopic (exact) mass is 193 g/mol. The Balaban J connectivity index is 2.85. The zero-order chi connectivity index (χ0) is 10.2. The van der Waals surface area contributed by atoms with Crippen molar-refractivity contribution in [2.45, 2.75) is 31.0 Å². The van der Waals surface area contributed by atoms with Gasteiger partial charge in [0.2, 0.25) is 5.60 Å². The van der Waals surface area contributed by atoms with Crippen LogP contribution in [0, 0.1) is 0 Å². The van der Waals surface area contributed by atoms with E-state index in [1.807, 2.05) is 5.48 Å². The number of aliphatic carboxylic acids is 1. The molecular weight excluding hydrogens is 182 g/mol. The molecule has 1 saturated heterocycles. The van der Waals surface area contributed by atoms with E-state index in [-0.39, 0.29) is 0 Å². The lowest BCUT2D eigenvalue weighted by Crippen LogP contribution is -2.66. The zero-order valence-corrected chi connectivity index (χ0v) is 6.84. The maximum atomic E-state index is 10.6. The van der Waals surface area contributed by atoms with Crippen molar-refractivity contribution in [3.8, 4) is 0 Å². The largest absolute Gasteiger partial charge is 0.479 e. The van der Waals surface area contributed by atoms with Crippen molar-refractivity contribution in [2.24, 2.45) is 0 Å². The van der Waals surface area contributed by atoms with E-state index in [0.717, 1.165) is 6.92 Å². The molecule has 0 aromatic heterocycles. The van der Waals surface area contributed by atoms with Gasteiger partial charge < -0.3 is 20.4 Å². The number of rotatable bonds is 1. The van der Waals surface area contributed by atoms with Crippen LogP contribution < -0.4 is 5.48 Å². The van der Waals surface area contributed by atoms with Gasteiger partial charge in [0, 0.05) is 0 Å². The lowest BCUT2D eigenvalue weighted by Gasteiger charge is -2.39. The predicted octanol–water partition coefficient (Wildman–Crippen LogP) is -2.60. The SMILES string of the molecule is C[C@]1(C(=O)O)ON[C@H](O)[C@H](O)[C@H]1O. The van der Waals surface area contributed by atoms with Gasteiger partial charge in [-0.25, -0.2) is 4.79 Å². The first kappa shape index (κ1) is 10.4. The van der Waals surface area contributed by atoms with Gasteiger partial charge in [-0.3, -0.25) is 4.84 Å². The topological polar surface area (TPSA) is 119 Å². The first-order chi connectivity index (χ1) is 5.89.